The molecule has 1 aliphatic carbocycles. The lowest BCUT2D eigenvalue weighted by Gasteiger charge is -2.24. The van der Waals surface area contributed by atoms with Crippen LogP contribution in [-0.4, -0.2) is 33.7 Å². The van der Waals surface area contributed by atoms with Crippen molar-refractivity contribution in [2.45, 2.75) is 45.2 Å². The van der Waals surface area contributed by atoms with E-state index in [1.54, 1.807) is 36.1 Å². The second-order valence-electron chi connectivity index (χ2n) is 9.53. The number of halogens is 1. The maximum atomic E-state index is 14.0. The Morgan fingerprint density at radius 2 is 1.76 bits per heavy atom. The second-order valence-corrected chi connectivity index (χ2v) is 9.53. The van der Waals surface area contributed by atoms with Gasteiger partial charge in [0.1, 0.15) is 17.3 Å². The predicted octanol–water partition coefficient (Wildman–Crippen LogP) is 6.74. The zero-order chi connectivity index (χ0) is 25.9. The highest BCUT2D eigenvalue weighted by atomic mass is 19.1. The number of methoxy groups -OCH3 is 1. The Hall–Kier alpha value is -4.13. The zero-order valence-corrected chi connectivity index (χ0v) is 21.2. The van der Waals surface area contributed by atoms with E-state index in [2.05, 4.69) is 13.8 Å². The third-order valence-corrected chi connectivity index (χ3v) is 6.42. The van der Waals surface area contributed by atoms with E-state index in [1.807, 2.05) is 47.4 Å². The first-order valence-corrected chi connectivity index (χ1v) is 12.5. The van der Waals surface area contributed by atoms with Crippen molar-refractivity contribution in [3.63, 3.8) is 0 Å². The van der Waals surface area contributed by atoms with Gasteiger partial charge in [0.2, 0.25) is 5.88 Å². The quantitative estimate of drug-likeness (QED) is 0.256. The number of benzene rings is 3. The maximum absolute atomic E-state index is 14.0. The predicted molar refractivity (Wildman–Crippen MR) is 140 cm³/mol. The lowest BCUT2D eigenvalue weighted by atomic mass is 10.0. The molecule has 4 aromatic rings. The highest BCUT2D eigenvalue weighted by Gasteiger charge is 2.36. The van der Waals surface area contributed by atoms with Gasteiger partial charge in [-0.05, 0) is 61.2 Å². The largest absolute Gasteiger partial charge is 0.497 e. The Kier molecular flexibility index (Phi) is 6.95. The number of carbonyl (C=O) groups excluding carboxylic acids is 1. The van der Waals surface area contributed by atoms with E-state index in [4.69, 9.17) is 14.6 Å². The van der Waals surface area contributed by atoms with Crippen LogP contribution in [0, 0.1) is 5.82 Å². The number of aromatic nitrogens is 2. The smallest absolute Gasteiger partial charge is 0.254 e. The van der Waals surface area contributed by atoms with Crippen molar-refractivity contribution < 1.29 is 18.7 Å². The number of hydrogen-bond donors (Lipinski definition) is 0. The average Bonchev–Trinajstić information content (AvgIpc) is 3.69. The van der Waals surface area contributed by atoms with Crippen molar-refractivity contribution in [2.75, 3.05) is 7.11 Å². The number of rotatable bonds is 9. The van der Waals surface area contributed by atoms with Gasteiger partial charge in [-0.1, -0.05) is 44.2 Å². The van der Waals surface area contributed by atoms with Crippen LogP contribution >= 0.6 is 0 Å². The van der Waals surface area contributed by atoms with Gasteiger partial charge in [0.15, 0.2) is 0 Å². The topological polar surface area (TPSA) is 56.6 Å². The summed E-state index contributed by atoms with van der Waals surface area (Å²) in [6, 6.07) is 23.1. The molecule has 1 aliphatic rings. The molecule has 1 fully saturated rings. The first-order chi connectivity index (χ1) is 17.9. The van der Waals surface area contributed by atoms with Gasteiger partial charge in [-0.3, -0.25) is 4.79 Å². The number of para-hydroxylation sites is 1. The van der Waals surface area contributed by atoms with E-state index in [0.717, 1.165) is 29.8 Å². The summed E-state index contributed by atoms with van der Waals surface area (Å²) in [5.74, 6) is 1.09. The SMILES string of the molecule is COc1cccc(C(=O)N(Cc2c(C(C)C)nn(-c3ccccc3)c2Oc2cccc(F)c2)C2CC2)c1. The minimum atomic E-state index is -0.387. The van der Waals surface area contributed by atoms with Crippen LogP contribution in [0.25, 0.3) is 5.69 Å². The van der Waals surface area contributed by atoms with E-state index in [-0.39, 0.29) is 23.7 Å². The third kappa shape index (κ3) is 5.35. The Morgan fingerprint density at radius 1 is 1.03 bits per heavy atom. The van der Waals surface area contributed by atoms with Crippen molar-refractivity contribution in [3.8, 4) is 23.1 Å². The maximum Gasteiger partial charge on any atom is 0.254 e. The number of nitrogens with zero attached hydrogens (tertiary/aromatic N) is 3. The molecule has 3 aromatic carbocycles. The summed E-state index contributed by atoms with van der Waals surface area (Å²) in [5.41, 5.74) is 3.03. The molecule has 0 saturated heterocycles. The van der Waals surface area contributed by atoms with E-state index in [1.165, 1.54) is 12.1 Å². The first-order valence-electron chi connectivity index (χ1n) is 12.5. The fourth-order valence-corrected chi connectivity index (χ4v) is 4.40. The van der Waals surface area contributed by atoms with Crippen molar-refractivity contribution in [1.29, 1.82) is 0 Å². The van der Waals surface area contributed by atoms with Crippen molar-refractivity contribution in [3.05, 3.63) is 102 Å². The molecular formula is C30H30FN3O3. The Labute approximate surface area is 216 Å². The summed E-state index contributed by atoms with van der Waals surface area (Å²) < 4.78 is 27.5. The molecule has 6 nitrogen and oxygen atoms in total. The van der Waals surface area contributed by atoms with Crippen LogP contribution in [0.1, 0.15) is 54.2 Å². The first kappa shape index (κ1) is 24.6. The van der Waals surface area contributed by atoms with Crippen LogP contribution in [0.5, 0.6) is 17.4 Å². The Bertz CT molecular complexity index is 1400. The van der Waals surface area contributed by atoms with Gasteiger partial charge in [0.25, 0.3) is 5.91 Å². The summed E-state index contributed by atoms with van der Waals surface area (Å²) in [7, 11) is 1.59. The van der Waals surface area contributed by atoms with Gasteiger partial charge in [0, 0.05) is 17.7 Å². The van der Waals surface area contributed by atoms with Crippen LogP contribution in [0.4, 0.5) is 4.39 Å². The fourth-order valence-electron chi connectivity index (χ4n) is 4.40. The van der Waals surface area contributed by atoms with E-state index in [9.17, 15) is 9.18 Å². The van der Waals surface area contributed by atoms with Gasteiger partial charge < -0.3 is 14.4 Å². The van der Waals surface area contributed by atoms with Crippen LogP contribution in [0.2, 0.25) is 0 Å². The van der Waals surface area contributed by atoms with Crippen LogP contribution in [-0.2, 0) is 6.54 Å². The molecule has 1 saturated carbocycles. The van der Waals surface area contributed by atoms with E-state index in [0.29, 0.717) is 29.5 Å². The highest BCUT2D eigenvalue weighted by molar-refractivity contribution is 5.95. The molecule has 7 heteroatoms. The summed E-state index contributed by atoms with van der Waals surface area (Å²) in [4.78, 5) is 15.6. The molecule has 0 radical (unpaired) electrons. The Morgan fingerprint density at radius 3 is 2.43 bits per heavy atom. The van der Waals surface area contributed by atoms with Gasteiger partial charge in [-0.2, -0.15) is 5.10 Å². The van der Waals surface area contributed by atoms with E-state index >= 15 is 0 Å². The molecule has 0 N–H and O–H groups in total. The highest BCUT2D eigenvalue weighted by Crippen LogP contribution is 2.38. The molecule has 0 atom stereocenters. The molecule has 0 unspecified atom stereocenters. The lowest BCUT2D eigenvalue weighted by molar-refractivity contribution is 0.0728. The minimum absolute atomic E-state index is 0.0692. The van der Waals surface area contributed by atoms with Crippen LogP contribution in [0.15, 0.2) is 78.9 Å². The molecule has 5 rings (SSSR count). The number of carbonyl (C=O) groups is 1. The lowest BCUT2D eigenvalue weighted by Crippen LogP contribution is -2.33. The number of amides is 1. The molecule has 190 valence electrons. The Balaban J connectivity index is 1.60. The fraction of sp³-hybridized carbons (Fsp3) is 0.267. The minimum Gasteiger partial charge on any atom is -0.497 e. The standard InChI is InChI=1S/C30H30FN3O3/c1-20(2)28-27(19-33(23-15-16-23)29(35)21-9-7-13-25(17-21)36-3)30(37-26-14-8-10-22(31)18-26)34(32-28)24-11-5-4-6-12-24/h4-14,17-18,20,23H,15-16,19H2,1-3H3. The number of hydrogen-bond acceptors (Lipinski definition) is 4. The summed E-state index contributed by atoms with van der Waals surface area (Å²) in [6.07, 6.45) is 1.89. The van der Waals surface area contributed by atoms with E-state index < -0.39 is 0 Å². The summed E-state index contributed by atoms with van der Waals surface area (Å²) >= 11 is 0. The van der Waals surface area contributed by atoms with Crippen molar-refractivity contribution in [2.24, 2.45) is 0 Å². The van der Waals surface area contributed by atoms with Gasteiger partial charge in [0.05, 0.1) is 30.6 Å². The van der Waals surface area contributed by atoms with Crippen molar-refractivity contribution in [1.82, 2.24) is 14.7 Å². The van der Waals surface area contributed by atoms with Crippen molar-refractivity contribution >= 4 is 5.91 Å². The average molecular weight is 500 g/mol. The molecule has 37 heavy (non-hydrogen) atoms. The molecule has 1 heterocycles. The normalized spacial score (nSPS) is 13.0. The second kappa shape index (κ2) is 10.5. The molecule has 0 spiro atoms. The van der Waals surface area contributed by atoms with Gasteiger partial charge >= 0.3 is 0 Å². The van der Waals surface area contributed by atoms with Crippen LogP contribution < -0.4 is 9.47 Å². The molecule has 0 bridgehead atoms. The van der Waals surface area contributed by atoms with Gasteiger partial charge in [-0.15, -0.1) is 0 Å². The van der Waals surface area contributed by atoms with Crippen LogP contribution in [0.3, 0.4) is 0 Å². The monoisotopic (exact) mass is 499 g/mol. The summed E-state index contributed by atoms with van der Waals surface area (Å²) in [5, 5.41) is 4.93. The molecule has 0 aliphatic heterocycles. The third-order valence-electron chi connectivity index (χ3n) is 6.42. The summed E-state index contributed by atoms with van der Waals surface area (Å²) in [6.45, 7) is 4.46. The molecule has 1 aromatic heterocycles. The number of ether oxygens (including phenoxy) is 2. The molecule has 1 amide bonds. The molecular weight excluding hydrogens is 469 g/mol. The van der Waals surface area contributed by atoms with Gasteiger partial charge in [-0.25, -0.2) is 9.07 Å². The zero-order valence-electron chi connectivity index (χ0n) is 21.2.